The van der Waals surface area contributed by atoms with Gasteiger partial charge in [-0.2, -0.15) is 0 Å². The van der Waals surface area contributed by atoms with E-state index in [1.54, 1.807) is 0 Å². The summed E-state index contributed by atoms with van der Waals surface area (Å²) in [7, 11) is 0. The van der Waals surface area contributed by atoms with Crippen LogP contribution in [0.4, 0.5) is 0 Å². The summed E-state index contributed by atoms with van der Waals surface area (Å²) in [4.78, 5) is 0. The average Bonchev–Trinajstić information content (AvgIpc) is 2.40. The maximum atomic E-state index is 9.31. The molecule has 0 radical (unpaired) electrons. The van der Waals surface area contributed by atoms with Crippen molar-refractivity contribution in [2.45, 2.75) is 39.7 Å². The zero-order chi connectivity index (χ0) is 7.07. The van der Waals surface area contributed by atoms with E-state index in [-0.39, 0.29) is 6.10 Å². The first-order valence-electron chi connectivity index (χ1n) is 3.77. The minimum Gasteiger partial charge on any atom is -0.393 e. The number of hydrogen-bond donors (Lipinski definition) is 1. The van der Waals surface area contributed by atoms with Gasteiger partial charge in [-0.05, 0) is 31.1 Å². The lowest BCUT2D eigenvalue weighted by Crippen LogP contribution is -2.23. The van der Waals surface area contributed by atoms with Crippen LogP contribution in [-0.2, 0) is 0 Å². The van der Waals surface area contributed by atoms with E-state index in [4.69, 9.17) is 0 Å². The van der Waals surface area contributed by atoms with Gasteiger partial charge in [0.05, 0.1) is 6.10 Å². The number of aliphatic hydroxyl groups is 1. The zero-order valence-electron chi connectivity index (χ0n) is 6.52. The minimum atomic E-state index is -0.0995. The van der Waals surface area contributed by atoms with Gasteiger partial charge in [-0.3, -0.25) is 0 Å². The van der Waals surface area contributed by atoms with Crippen LogP contribution in [0, 0.1) is 11.3 Å². The van der Waals surface area contributed by atoms with Crippen LogP contribution >= 0.6 is 0 Å². The largest absolute Gasteiger partial charge is 0.393 e. The Morgan fingerprint density at radius 2 is 1.67 bits per heavy atom. The molecule has 0 bridgehead atoms. The first kappa shape index (κ1) is 7.07. The minimum absolute atomic E-state index is 0.0995. The van der Waals surface area contributed by atoms with Crippen LogP contribution in [0.15, 0.2) is 0 Å². The topological polar surface area (TPSA) is 20.2 Å². The summed E-state index contributed by atoms with van der Waals surface area (Å²) in [5.74, 6) is 0.650. The molecule has 1 atom stereocenters. The third kappa shape index (κ3) is 0.983. The van der Waals surface area contributed by atoms with Gasteiger partial charge < -0.3 is 5.11 Å². The molecule has 1 aliphatic carbocycles. The van der Waals surface area contributed by atoms with E-state index in [1.807, 2.05) is 6.92 Å². The molecule has 0 aliphatic heterocycles. The first-order valence-corrected chi connectivity index (χ1v) is 3.77. The second-order valence-corrected chi connectivity index (χ2v) is 3.56. The third-order valence-corrected chi connectivity index (χ3v) is 2.81. The molecule has 0 aromatic carbocycles. The van der Waals surface area contributed by atoms with Gasteiger partial charge in [0.1, 0.15) is 0 Å². The maximum absolute atomic E-state index is 9.31. The molecule has 1 aliphatic rings. The fourth-order valence-electron chi connectivity index (χ4n) is 1.62. The molecule has 1 nitrogen and oxygen atoms in total. The van der Waals surface area contributed by atoms with Crippen LogP contribution in [0.1, 0.15) is 33.6 Å². The Balaban J connectivity index is 2.52. The van der Waals surface area contributed by atoms with Crippen molar-refractivity contribution < 1.29 is 5.11 Å². The van der Waals surface area contributed by atoms with Crippen LogP contribution in [0.5, 0.6) is 0 Å². The lowest BCUT2D eigenvalue weighted by Gasteiger charge is -2.22. The molecule has 0 aromatic heterocycles. The van der Waals surface area contributed by atoms with Crippen molar-refractivity contribution in [3.05, 3.63) is 0 Å². The number of rotatable bonds is 2. The van der Waals surface area contributed by atoms with Crippen molar-refractivity contribution >= 4 is 0 Å². The van der Waals surface area contributed by atoms with Crippen molar-refractivity contribution in [1.29, 1.82) is 0 Å². The third-order valence-electron chi connectivity index (χ3n) is 2.81. The van der Waals surface area contributed by atoms with Gasteiger partial charge in [-0.1, -0.05) is 13.8 Å². The first-order chi connectivity index (χ1) is 4.09. The highest BCUT2D eigenvalue weighted by molar-refractivity contribution is 4.99. The zero-order valence-corrected chi connectivity index (χ0v) is 6.52. The van der Waals surface area contributed by atoms with Gasteiger partial charge in [0, 0.05) is 0 Å². The highest BCUT2D eigenvalue weighted by Gasteiger charge is 2.48. The van der Waals surface area contributed by atoms with Gasteiger partial charge >= 0.3 is 0 Å². The summed E-state index contributed by atoms with van der Waals surface area (Å²) in [6.07, 6.45) is 2.35. The summed E-state index contributed by atoms with van der Waals surface area (Å²) in [5, 5.41) is 9.31. The Kier molecular flexibility index (Phi) is 1.55. The Bertz CT molecular complexity index is 91.1. The van der Waals surface area contributed by atoms with E-state index in [2.05, 4.69) is 13.8 Å². The fourth-order valence-corrected chi connectivity index (χ4v) is 1.62. The Hall–Kier alpha value is -0.0400. The second-order valence-electron chi connectivity index (χ2n) is 3.56. The van der Waals surface area contributed by atoms with Crippen LogP contribution < -0.4 is 0 Å². The molecular formula is C8H16O. The highest BCUT2D eigenvalue weighted by atomic mass is 16.3. The van der Waals surface area contributed by atoms with Crippen molar-refractivity contribution in [1.82, 2.24) is 0 Å². The molecule has 9 heavy (non-hydrogen) atoms. The van der Waals surface area contributed by atoms with Crippen molar-refractivity contribution in [3.63, 3.8) is 0 Å². The summed E-state index contributed by atoms with van der Waals surface area (Å²) in [5.41, 5.74) is 0.306. The molecule has 0 heterocycles. The Morgan fingerprint density at radius 1 is 1.22 bits per heavy atom. The van der Waals surface area contributed by atoms with Crippen LogP contribution in [0.3, 0.4) is 0 Å². The van der Waals surface area contributed by atoms with E-state index < -0.39 is 0 Å². The predicted octanol–water partition coefficient (Wildman–Crippen LogP) is 1.80. The summed E-state index contributed by atoms with van der Waals surface area (Å²) >= 11 is 0. The lowest BCUT2D eigenvalue weighted by molar-refractivity contribution is 0.0801. The monoisotopic (exact) mass is 128 g/mol. The predicted molar refractivity (Wildman–Crippen MR) is 38.2 cm³/mol. The highest BCUT2D eigenvalue weighted by Crippen LogP contribution is 2.54. The van der Waals surface area contributed by atoms with E-state index >= 15 is 0 Å². The Labute approximate surface area is 57.1 Å². The molecule has 0 aromatic rings. The molecule has 0 amide bonds. The second kappa shape index (κ2) is 1.98. The van der Waals surface area contributed by atoms with Crippen LogP contribution in [0.2, 0.25) is 0 Å². The molecule has 0 spiro atoms. The van der Waals surface area contributed by atoms with Crippen molar-refractivity contribution in [3.8, 4) is 0 Å². The molecule has 1 rings (SSSR count). The average molecular weight is 128 g/mol. The number of hydrogen-bond acceptors (Lipinski definition) is 1. The molecule has 54 valence electrons. The van der Waals surface area contributed by atoms with E-state index in [0.29, 0.717) is 11.3 Å². The van der Waals surface area contributed by atoms with Crippen LogP contribution in [-0.4, -0.2) is 11.2 Å². The van der Waals surface area contributed by atoms with Gasteiger partial charge in [0.15, 0.2) is 0 Å². The molecular weight excluding hydrogens is 112 g/mol. The fraction of sp³-hybridized carbons (Fsp3) is 1.00. The van der Waals surface area contributed by atoms with Gasteiger partial charge in [-0.25, -0.2) is 0 Å². The molecule has 1 N–H and O–H groups in total. The molecule has 1 heteroatoms. The molecule has 0 saturated heterocycles. The van der Waals surface area contributed by atoms with Crippen molar-refractivity contribution in [2.75, 3.05) is 0 Å². The number of aliphatic hydroxyl groups excluding tert-OH is 1. The molecule has 1 fully saturated rings. The molecule has 1 saturated carbocycles. The maximum Gasteiger partial charge on any atom is 0.0570 e. The smallest absolute Gasteiger partial charge is 0.0570 e. The van der Waals surface area contributed by atoms with Crippen molar-refractivity contribution in [2.24, 2.45) is 11.3 Å². The van der Waals surface area contributed by atoms with Gasteiger partial charge in [0.25, 0.3) is 0 Å². The van der Waals surface area contributed by atoms with E-state index in [9.17, 15) is 5.11 Å². The SMILES string of the molecule is CC(C)C1([C@@H](C)O)CC1. The van der Waals surface area contributed by atoms with Gasteiger partial charge in [-0.15, -0.1) is 0 Å². The van der Waals surface area contributed by atoms with Crippen LogP contribution in [0.25, 0.3) is 0 Å². The normalized spacial score (nSPS) is 26.3. The molecule has 0 unspecified atom stereocenters. The van der Waals surface area contributed by atoms with E-state index in [1.165, 1.54) is 12.8 Å². The lowest BCUT2D eigenvalue weighted by atomic mass is 9.88. The Morgan fingerprint density at radius 3 is 1.67 bits per heavy atom. The summed E-state index contributed by atoms with van der Waals surface area (Å²) in [6, 6.07) is 0. The summed E-state index contributed by atoms with van der Waals surface area (Å²) < 4.78 is 0. The van der Waals surface area contributed by atoms with E-state index in [0.717, 1.165) is 0 Å². The quantitative estimate of drug-likeness (QED) is 0.601. The summed E-state index contributed by atoms with van der Waals surface area (Å²) in [6.45, 7) is 6.30. The standard InChI is InChI=1S/C8H16O/c1-6(2)8(4-5-8)7(3)9/h6-7,9H,4-5H2,1-3H3/t7-/m1/s1. The van der Waals surface area contributed by atoms with Gasteiger partial charge in [0.2, 0.25) is 0 Å².